The van der Waals surface area contributed by atoms with Crippen molar-refractivity contribution in [3.8, 4) is 0 Å². The second-order valence-electron chi connectivity index (χ2n) is 3.62. The predicted octanol–water partition coefficient (Wildman–Crippen LogP) is 1.15. The van der Waals surface area contributed by atoms with Gasteiger partial charge in [0.05, 0.1) is 32.6 Å². The molecule has 1 atom stereocenters. The Balaban J connectivity index is 2.14. The summed E-state index contributed by atoms with van der Waals surface area (Å²) in [5.41, 5.74) is 0. The summed E-state index contributed by atoms with van der Waals surface area (Å²) in [5, 5.41) is 0.858. The molecule has 1 aliphatic heterocycles. The fraction of sp³-hybridized carbons (Fsp3) is 0.600. The van der Waals surface area contributed by atoms with Crippen molar-refractivity contribution in [1.82, 2.24) is 4.98 Å². The molecule has 0 bridgehead atoms. The van der Waals surface area contributed by atoms with Gasteiger partial charge in [0.1, 0.15) is 4.88 Å². The predicted molar refractivity (Wildman–Crippen MR) is 61.1 cm³/mol. The van der Waals surface area contributed by atoms with Crippen LogP contribution in [0, 0.1) is 0 Å². The van der Waals surface area contributed by atoms with Gasteiger partial charge in [0.2, 0.25) is 0 Å². The zero-order valence-electron chi connectivity index (χ0n) is 9.30. The maximum Gasteiger partial charge on any atom is 0.349 e. The van der Waals surface area contributed by atoms with Gasteiger partial charge in [-0.15, -0.1) is 0 Å². The van der Waals surface area contributed by atoms with Crippen molar-refractivity contribution < 1.29 is 14.3 Å². The number of methoxy groups -OCH3 is 1. The van der Waals surface area contributed by atoms with Crippen LogP contribution in [0.3, 0.4) is 0 Å². The van der Waals surface area contributed by atoms with Gasteiger partial charge in [0.25, 0.3) is 0 Å². The minimum atomic E-state index is -0.329. The van der Waals surface area contributed by atoms with Crippen LogP contribution in [-0.2, 0) is 9.47 Å². The van der Waals surface area contributed by atoms with Crippen molar-refractivity contribution in [2.24, 2.45) is 0 Å². The first-order chi connectivity index (χ1) is 7.72. The molecule has 2 rings (SSSR count). The van der Waals surface area contributed by atoms with Crippen LogP contribution in [0.25, 0.3) is 0 Å². The van der Waals surface area contributed by atoms with E-state index in [-0.39, 0.29) is 5.97 Å². The van der Waals surface area contributed by atoms with Crippen molar-refractivity contribution in [2.75, 3.05) is 31.8 Å². The number of nitrogens with zero attached hydrogens (tertiary/aromatic N) is 2. The number of hydrogen-bond acceptors (Lipinski definition) is 6. The second kappa shape index (κ2) is 4.80. The largest absolute Gasteiger partial charge is 0.465 e. The maximum absolute atomic E-state index is 11.3. The third-order valence-electron chi connectivity index (χ3n) is 2.49. The molecule has 1 aromatic rings. The molecule has 1 aliphatic rings. The Morgan fingerprint density at radius 3 is 3.25 bits per heavy atom. The lowest BCUT2D eigenvalue weighted by Gasteiger charge is -2.32. The van der Waals surface area contributed by atoms with Crippen LogP contribution >= 0.6 is 11.3 Å². The summed E-state index contributed by atoms with van der Waals surface area (Å²) in [4.78, 5) is 18.2. The van der Waals surface area contributed by atoms with Gasteiger partial charge in [-0.25, -0.2) is 9.78 Å². The highest BCUT2D eigenvalue weighted by atomic mass is 32.1. The molecule has 1 saturated heterocycles. The highest BCUT2D eigenvalue weighted by Crippen LogP contribution is 2.25. The highest BCUT2D eigenvalue weighted by molar-refractivity contribution is 7.17. The first-order valence-corrected chi connectivity index (χ1v) is 5.92. The molecule has 1 unspecified atom stereocenters. The van der Waals surface area contributed by atoms with Crippen LogP contribution in [0.1, 0.15) is 16.6 Å². The van der Waals surface area contributed by atoms with E-state index in [4.69, 9.17) is 4.74 Å². The first-order valence-electron chi connectivity index (χ1n) is 5.11. The van der Waals surface area contributed by atoms with Crippen LogP contribution in [-0.4, -0.2) is 43.9 Å². The van der Waals surface area contributed by atoms with E-state index in [1.165, 1.54) is 18.4 Å². The molecular weight excluding hydrogens is 228 g/mol. The quantitative estimate of drug-likeness (QED) is 0.728. The number of ether oxygens (including phenoxy) is 2. The SMILES string of the molecule is COC(=O)c1cnc(N2CCOCC2C)s1. The molecule has 1 fully saturated rings. The molecule has 16 heavy (non-hydrogen) atoms. The smallest absolute Gasteiger partial charge is 0.349 e. The molecule has 0 spiro atoms. The molecule has 2 heterocycles. The van der Waals surface area contributed by atoms with Crippen molar-refractivity contribution in [1.29, 1.82) is 0 Å². The molecule has 0 aromatic carbocycles. The van der Waals surface area contributed by atoms with Crippen LogP contribution in [0.2, 0.25) is 0 Å². The number of aromatic nitrogens is 1. The zero-order valence-corrected chi connectivity index (χ0v) is 10.1. The summed E-state index contributed by atoms with van der Waals surface area (Å²) in [6.45, 7) is 4.30. The standard InChI is InChI=1S/C10H14N2O3S/c1-7-6-15-4-3-12(7)10-11-5-8(16-10)9(13)14-2/h5,7H,3-4,6H2,1-2H3. The van der Waals surface area contributed by atoms with Gasteiger partial charge >= 0.3 is 5.97 Å². The Morgan fingerprint density at radius 2 is 2.56 bits per heavy atom. The van der Waals surface area contributed by atoms with Gasteiger partial charge in [0.15, 0.2) is 5.13 Å². The van der Waals surface area contributed by atoms with Crippen LogP contribution in [0.5, 0.6) is 0 Å². The van der Waals surface area contributed by atoms with Gasteiger partial charge < -0.3 is 14.4 Å². The fourth-order valence-corrected chi connectivity index (χ4v) is 2.57. The van der Waals surface area contributed by atoms with Crippen LogP contribution in [0.15, 0.2) is 6.20 Å². The molecule has 6 heteroatoms. The van der Waals surface area contributed by atoms with E-state index in [9.17, 15) is 4.79 Å². The Labute approximate surface area is 98.0 Å². The molecule has 0 radical (unpaired) electrons. The lowest BCUT2D eigenvalue weighted by Crippen LogP contribution is -2.43. The number of anilines is 1. The van der Waals surface area contributed by atoms with E-state index in [1.807, 2.05) is 0 Å². The maximum atomic E-state index is 11.3. The normalized spacial score (nSPS) is 20.9. The van der Waals surface area contributed by atoms with E-state index in [0.29, 0.717) is 24.1 Å². The Bertz CT molecular complexity index is 380. The van der Waals surface area contributed by atoms with E-state index in [1.54, 1.807) is 6.20 Å². The summed E-state index contributed by atoms with van der Waals surface area (Å²) >= 11 is 1.36. The van der Waals surface area contributed by atoms with Crippen molar-refractivity contribution >= 4 is 22.4 Å². The van der Waals surface area contributed by atoms with Gasteiger partial charge in [-0.2, -0.15) is 0 Å². The molecule has 1 aromatic heterocycles. The van der Waals surface area contributed by atoms with Crippen molar-refractivity contribution in [2.45, 2.75) is 13.0 Å². The Kier molecular flexibility index (Phi) is 3.40. The lowest BCUT2D eigenvalue weighted by atomic mass is 10.3. The highest BCUT2D eigenvalue weighted by Gasteiger charge is 2.22. The average Bonchev–Trinajstić information content (AvgIpc) is 2.78. The van der Waals surface area contributed by atoms with Gasteiger partial charge in [-0.05, 0) is 6.92 Å². The number of thiazole rings is 1. The van der Waals surface area contributed by atoms with Crippen molar-refractivity contribution in [3.63, 3.8) is 0 Å². The minimum absolute atomic E-state index is 0.297. The van der Waals surface area contributed by atoms with Gasteiger partial charge in [0, 0.05) is 6.54 Å². The number of carbonyl (C=O) groups is 1. The summed E-state index contributed by atoms with van der Waals surface area (Å²) in [6, 6.07) is 0.297. The molecule has 5 nitrogen and oxygen atoms in total. The van der Waals surface area contributed by atoms with E-state index >= 15 is 0 Å². The Hall–Kier alpha value is -1.14. The topological polar surface area (TPSA) is 51.7 Å². The van der Waals surface area contributed by atoms with Gasteiger partial charge in [-0.1, -0.05) is 11.3 Å². The number of hydrogen-bond donors (Lipinski definition) is 0. The summed E-state index contributed by atoms with van der Waals surface area (Å²) < 4.78 is 10.0. The summed E-state index contributed by atoms with van der Waals surface area (Å²) in [6.07, 6.45) is 1.56. The summed E-state index contributed by atoms with van der Waals surface area (Å²) in [5.74, 6) is -0.329. The third kappa shape index (κ3) is 2.17. The van der Waals surface area contributed by atoms with Crippen molar-refractivity contribution in [3.05, 3.63) is 11.1 Å². The fourth-order valence-electron chi connectivity index (χ4n) is 1.60. The van der Waals surface area contributed by atoms with Crippen LogP contribution in [0.4, 0.5) is 5.13 Å². The Morgan fingerprint density at radius 1 is 1.75 bits per heavy atom. The molecule has 0 aliphatic carbocycles. The molecule has 0 saturated carbocycles. The third-order valence-corrected chi connectivity index (χ3v) is 3.51. The molecule has 0 amide bonds. The number of morpholine rings is 1. The number of carbonyl (C=O) groups excluding carboxylic acids is 1. The number of rotatable bonds is 2. The molecular formula is C10H14N2O3S. The van der Waals surface area contributed by atoms with E-state index in [2.05, 4.69) is 21.5 Å². The zero-order chi connectivity index (χ0) is 11.5. The second-order valence-corrected chi connectivity index (χ2v) is 4.63. The lowest BCUT2D eigenvalue weighted by molar-refractivity contribution is 0.0606. The van der Waals surface area contributed by atoms with Gasteiger partial charge in [-0.3, -0.25) is 0 Å². The molecule has 0 N–H and O–H groups in total. The monoisotopic (exact) mass is 242 g/mol. The number of esters is 1. The molecule has 88 valence electrons. The first kappa shape index (κ1) is 11.3. The minimum Gasteiger partial charge on any atom is -0.465 e. The van der Waals surface area contributed by atoms with Crippen LogP contribution < -0.4 is 4.90 Å². The van der Waals surface area contributed by atoms with E-state index < -0.39 is 0 Å². The summed E-state index contributed by atoms with van der Waals surface area (Å²) in [7, 11) is 1.37. The average molecular weight is 242 g/mol. The van der Waals surface area contributed by atoms with E-state index in [0.717, 1.165) is 11.7 Å².